The van der Waals surface area contributed by atoms with Crippen LogP contribution in [0.15, 0.2) is 41.3 Å². The fraction of sp³-hybridized carbons (Fsp3) is 0.143. The van der Waals surface area contributed by atoms with E-state index in [-0.39, 0.29) is 16.3 Å². The van der Waals surface area contributed by atoms with Crippen molar-refractivity contribution in [2.75, 3.05) is 4.72 Å². The second-order valence-corrected chi connectivity index (χ2v) is 6.29. The lowest BCUT2D eigenvalue weighted by molar-refractivity contribution is 0.0696. The van der Waals surface area contributed by atoms with Crippen molar-refractivity contribution in [1.29, 1.82) is 0 Å². The maximum atomic E-state index is 12.3. The number of aromatic carboxylic acids is 1. The van der Waals surface area contributed by atoms with Gasteiger partial charge in [-0.15, -0.1) is 0 Å². The molecule has 0 bridgehead atoms. The highest BCUT2D eigenvalue weighted by Crippen LogP contribution is 2.17. The monoisotopic (exact) mass is 306 g/mol. The summed E-state index contributed by atoms with van der Waals surface area (Å²) in [5.74, 6) is -0.982. The number of carboxylic acids is 1. The number of benzene rings is 1. The van der Waals surface area contributed by atoms with Gasteiger partial charge in [-0.1, -0.05) is 6.07 Å². The van der Waals surface area contributed by atoms with Crippen molar-refractivity contribution in [2.24, 2.45) is 0 Å². The van der Waals surface area contributed by atoms with Crippen LogP contribution in [0.25, 0.3) is 0 Å². The zero-order chi connectivity index (χ0) is 15.6. The third-order valence-corrected chi connectivity index (χ3v) is 4.08. The second kappa shape index (κ2) is 5.53. The summed E-state index contributed by atoms with van der Waals surface area (Å²) in [5.41, 5.74) is 1.47. The summed E-state index contributed by atoms with van der Waals surface area (Å²) in [5, 5.41) is 8.91. The van der Waals surface area contributed by atoms with E-state index < -0.39 is 16.0 Å². The molecule has 0 atom stereocenters. The number of hydrogen-bond donors (Lipinski definition) is 2. The van der Waals surface area contributed by atoms with Crippen LogP contribution in [0.5, 0.6) is 0 Å². The zero-order valence-corrected chi connectivity index (χ0v) is 12.3. The van der Waals surface area contributed by atoms with Crippen LogP contribution < -0.4 is 4.72 Å². The van der Waals surface area contributed by atoms with Gasteiger partial charge in [0, 0.05) is 5.69 Å². The first-order chi connectivity index (χ1) is 9.78. The first-order valence-electron chi connectivity index (χ1n) is 6.09. The normalized spacial score (nSPS) is 11.1. The van der Waals surface area contributed by atoms with Gasteiger partial charge in [0.25, 0.3) is 10.0 Å². The number of nitrogens with one attached hydrogen (secondary N) is 1. The van der Waals surface area contributed by atoms with Crippen LogP contribution >= 0.6 is 0 Å². The molecule has 0 aliphatic carbocycles. The first-order valence-corrected chi connectivity index (χ1v) is 7.58. The minimum atomic E-state index is -3.88. The van der Waals surface area contributed by atoms with Gasteiger partial charge < -0.3 is 5.11 Å². The SMILES string of the molecule is Cc1cc(C)nc(NS(=O)(=O)c2cccc(C(=O)O)c2)c1. The average Bonchev–Trinajstić information content (AvgIpc) is 2.37. The van der Waals surface area contributed by atoms with Crippen LogP contribution in [0.3, 0.4) is 0 Å². The maximum Gasteiger partial charge on any atom is 0.335 e. The molecule has 0 radical (unpaired) electrons. The Hall–Kier alpha value is -2.41. The standard InChI is InChI=1S/C14H14N2O4S/c1-9-6-10(2)15-13(7-9)16-21(19,20)12-5-3-4-11(8-12)14(17)18/h3-8H,1-2H3,(H,15,16)(H,17,18). The van der Waals surface area contributed by atoms with Gasteiger partial charge in [0.1, 0.15) is 5.82 Å². The summed E-state index contributed by atoms with van der Waals surface area (Å²) in [6, 6.07) is 8.57. The Labute approximate surface area is 122 Å². The largest absolute Gasteiger partial charge is 0.478 e. The molecule has 0 amide bonds. The number of aryl methyl sites for hydroxylation is 2. The minimum absolute atomic E-state index is 0.0914. The second-order valence-electron chi connectivity index (χ2n) is 4.61. The summed E-state index contributed by atoms with van der Waals surface area (Å²) < 4.78 is 26.9. The smallest absolute Gasteiger partial charge is 0.335 e. The summed E-state index contributed by atoms with van der Waals surface area (Å²) in [7, 11) is -3.88. The third kappa shape index (κ3) is 3.57. The van der Waals surface area contributed by atoms with Gasteiger partial charge in [0.2, 0.25) is 0 Å². The predicted molar refractivity (Wildman–Crippen MR) is 77.9 cm³/mol. The van der Waals surface area contributed by atoms with Crippen molar-refractivity contribution in [3.8, 4) is 0 Å². The van der Waals surface area contributed by atoms with E-state index in [4.69, 9.17) is 5.11 Å². The molecular formula is C14H14N2O4S. The zero-order valence-electron chi connectivity index (χ0n) is 11.5. The number of hydrogen-bond acceptors (Lipinski definition) is 4. The number of aromatic nitrogens is 1. The molecule has 21 heavy (non-hydrogen) atoms. The van der Waals surface area contributed by atoms with E-state index in [1.807, 2.05) is 13.0 Å². The molecule has 6 nitrogen and oxygen atoms in total. The molecule has 0 spiro atoms. The van der Waals surface area contributed by atoms with Gasteiger partial charge in [0.15, 0.2) is 0 Å². The molecular weight excluding hydrogens is 292 g/mol. The van der Waals surface area contributed by atoms with E-state index in [0.717, 1.165) is 11.6 Å². The molecule has 1 heterocycles. The van der Waals surface area contributed by atoms with E-state index in [1.165, 1.54) is 18.2 Å². The lowest BCUT2D eigenvalue weighted by Crippen LogP contribution is -2.15. The number of carboxylic acid groups (broad SMARTS) is 1. The molecule has 2 rings (SSSR count). The van der Waals surface area contributed by atoms with Gasteiger partial charge >= 0.3 is 5.97 Å². The molecule has 2 aromatic rings. The molecule has 2 N–H and O–H groups in total. The number of rotatable bonds is 4. The van der Waals surface area contributed by atoms with Crippen molar-refractivity contribution < 1.29 is 18.3 Å². The summed E-state index contributed by atoms with van der Waals surface area (Å²) >= 11 is 0. The van der Waals surface area contributed by atoms with Gasteiger partial charge in [-0.05, 0) is 49.7 Å². The Bertz CT molecular complexity index is 780. The van der Waals surface area contributed by atoms with Crippen molar-refractivity contribution in [3.05, 3.63) is 53.2 Å². The summed E-state index contributed by atoms with van der Waals surface area (Å²) in [6.45, 7) is 3.59. The van der Waals surface area contributed by atoms with Crippen LogP contribution in [0, 0.1) is 13.8 Å². The predicted octanol–water partition coefficient (Wildman–Crippen LogP) is 2.20. The molecule has 0 saturated carbocycles. The molecule has 110 valence electrons. The van der Waals surface area contributed by atoms with E-state index >= 15 is 0 Å². The maximum absolute atomic E-state index is 12.3. The van der Waals surface area contributed by atoms with Gasteiger partial charge in [-0.25, -0.2) is 18.2 Å². The fourth-order valence-electron chi connectivity index (χ4n) is 1.89. The molecule has 0 aliphatic heterocycles. The van der Waals surface area contributed by atoms with E-state index in [0.29, 0.717) is 5.69 Å². The number of anilines is 1. The van der Waals surface area contributed by atoms with Crippen molar-refractivity contribution in [3.63, 3.8) is 0 Å². The van der Waals surface area contributed by atoms with Gasteiger partial charge in [-0.2, -0.15) is 0 Å². The van der Waals surface area contributed by atoms with Crippen LogP contribution in [-0.4, -0.2) is 24.5 Å². The van der Waals surface area contributed by atoms with Crippen molar-refractivity contribution >= 4 is 21.8 Å². The van der Waals surface area contributed by atoms with Crippen molar-refractivity contribution in [1.82, 2.24) is 4.98 Å². The highest BCUT2D eigenvalue weighted by atomic mass is 32.2. The molecule has 0 fully saturated rings. The van der Waals surface area contributed by atoms with Crippen molar-refractivity contribution in [2.45, 2.75) is 18.7 Å². The van der Waals surface area contributed by atoms with Crippen LogP contribution in [0.4, 0.5) is 5.82 Å². The molecule has 0 unspecified atom stereocenters. The number of sulfonamides is 1. The molecule has 0 saturated heterocycles. The van der Waals surface area contributed by atoms with Crippen LogP contribution in [0.2, 0.25) is 0 Å². The highest BCUT2D eigenvalue weighted by Gasteiger charge is 2.17. The minimum Gasteiger partial charge on any atom is -0.478 e. The Kier molecular flexibility index (Phi) is 3.95. The molecule has 7 heteroatoms. The third-order valence-electron chi connectivity index (χ3n) is 2.73. The summed E-state index contributed by atoms with van der Waals surface area (Å²) in [6.07, 6.45) is 0. The van der Waals surface area contributed by atoms with Crippen LogP contribution in [0.1, 0.15) is 21.6 Å². The average molecular weight is 306 g/mol. The Balaban J connectivity index is 2.38. The molecule has 1 aromatic heterocycles. The fourth-order valence-corrected chi connectivity index (χ4v) is 2.92. The molecule has 0 aliphatic rings. The lowest BCUT2D eigenvalue weighted by atomic mass is 10.2. The van der Waals surface area contributed by atoms with Crippen LogP contribution in [-0.2, 0) is 10.0 Å². The highest BCUT2D eigenvalue weighted by molar-refractivity contribution is 7.92. The van der Waals surface area contributed by atoms with Gasteiger partial charge in [0.05, 0.1) is 10.5 Å². The quantitative estimate of drug-likeness (QED) is 0.902. The number of carbonyl (C=O) groups is 1. The number of nitrogens with zero attached hydrogens (tertiary/aromatic N) is 1. The Morgan fingerprint density at radius 3 is 2.52 bits per heavy atom. The topological polar surface area (TPSA) is 96.4 Å². The van der Waals surface area contributed by atoms with E-state index in [2.05, 4.69) is 9.71 Å². The summed E-state index contributed by atoms with van der Waals surface area (Å²) in [4.78, 5) is 14.9. The first kappa shape index (κ1) is 15.0. The lowest BCUT2D eigenvalue weighted by Gasteiger charge is -2.09. The van der Waals surface area contributed by atoms with Gasteiger partial charge in [-0.3, -0.25) is 4.72 Å². The Morgan fingerprint density at radius 1 is 1.19 bits per heavy atom. The van der Waals surface area contributed by atoms with E-state index in [1.54, 1.807) is 13.0 Å². The number of pyridine rings is 1. The molecule has 1 aromatic carbocycles. The van der Waals surface area contributed by atoms with E-state index in [9.17, 15) is 13.2 Å². The Morgan fingerprint density at radius 2 is 1.90 bits per heavy atom.